The van der Waals surface area contributed by atoms with Crippen molar-refractivity contribution in [1.29, 1.82) is 5.26 Å². The van der Waals surface area contributed by atoms with E-state index in [9.17, 15) is 9.59 Å². The molecule has 0 radical (unpaired) electrons. The molecule has 1 fully saturated rings. The molecule has 2 aromatic carbocycles. The summed E-state index contributed by atoms with van der Waals surface area (Å²) in [5.41, 5.74) is 2.89. The van der Waals surface area contributed by atoms with E-state index in [0.29, 0.717) is 28.6 Å². The summed E-state index contributed by atoms with van der Waals surface area (Å²) in [6.07, 6.45) is 0.714. The van der Waals surface area contributed by atoms with Crippen molar-refractivity contribution < 1.29 is 9.59 Å². The third kappa shape index (κ3) is 4.76. The zero-order chi connectivity index (χ0) is 21.0. The Hall–Kier alpha value is -2.88. The van der Waals surface area contributed by atoms with Crippen LogP contribution in [-0.4, -0.2) is 42.9 Å². The molecule has 2 atom stereocenters. The van der Waals surface area contributed by atoms with Gasteiger partial charge in [0.1, 0.15) is 0 Å². The van der Waals surface area contributed by atoms with Gasteiger partial charge in [0, 0.05) is 19.2 Å². The molecule has 6 nitrogen and oxygen atoms in total. The Balaban J connectivity index is 1.80. The molecule has 29 heavy (non-hydrogen) atoms. The summed E-state index contributed by atoms with van der Waals surface area (Å²) in [5.74, 6) is 0.0617. The first-order valence-corrected chi connectivity index (χ1v) is 9.84. The van der Waals surface area contributed by atoms with E-state index in [4.69, 9.17) is 16.9 Å². The number of hydrogen-bond acceptors (Lipinski definition) is 4. The predicted molar refractivity (Wildman–Crippen MR) is 114 cm³/mol. The van der Waals surface area contributed by atoms with Crippen LogP contribution in [0.2, 0.25) is 5.02 Å². The minimum absolute atomic E-state index is 0.145. The van der Waals surface area contributed by atoms with Gasteiger partial charge in [-0.15, -0.1) is 0 Å². The summed E-state index contributed by atoms with van der Waals surface area (Å²) in [6.45, 7) is 3.04. The number of likely N-dealkylation sites (tertiary alicyclic amines) is 1. The van der Waals surface area contributed by atoms with Crippen molar-refractivity contribution in [3.8, 4) is 17.2 Å². The monoisotopic (exact) mass is 410 g/mol. The minimum Gasteiger partial charge on any atom is -0.355 e. The van der Waals surface area contributed by atoms with Crippen molar-refractivity contribution in [3.05, 3.63) is 53.1 Å². The second-order valence-corrected chi connectivity index (χ2v) is 7.69. The normalized spacial score (nSPS) is 18.8. The summed E-state index contributed by atoms with van der Waals surface area (Å²) in [7, 11) is 1.59. The highest BCUT2D eigenvalue weighted by Gasteiger charge is 2.34. The fraction of sp³-hybridized carbons (Fsp3) is 0.318. The third-order valence-corrected chi connectivity index (χ3v) is 5.45. The van der Waals surface area contributed by atoms with E-state index in [1.165, 1.54) is 0 Å². The third-order valence-electron chi connectivity index (χ3n) is 5.12. The molecule has 2 amide bonds. The lowest BCUT2D eigenvalue weighted by molar-refractivity contribution is -0.120. The molecule has 0 aliphatic carbocycles. The molecule has 1 aliphatic rings. The van der Waals surface area contributed by atoms with Crippen LogP contribution in [0.5, 0.6) is 0 Å². The van der Waals surface area contributed by atoms with Crippen LogP contribution in [0.25, 0.3) is 11.1 Å². The molecule has 0 spiro atoms. The van der Waals surface area contributed by atoms with Gasteiger partial charge < -0.3 is 10.6 Å². The Morgan fingerprint density at radius 3 is 2.55 bits per heavy atom. The number of anilines is 1. The first-order chi connectivity index (χ1) is 13.9. The molecule has 2 aromatic rings. The van der Waals surface area contributed by atoms with E-state index in [1.807, 2.05) is 29.2 Å². The van der Waals surface area contributed by atoms with Crippen LogP contribution >= 0.6 is 11.6 Å². The van der Waals surface area contributed by atoms with Crippen LogP contribution in [0.3, 0.4) is 0 Å². The van der Waals surface area contributed by atoms with Crippen LogP contribution in [0, 0.1) is 17.2 Å². The molecular formula is C22H23ClN4O2. The van der Waals surface area contributed by atoms with Gasteiger partial charge in [-0.25, -0.2) is 0 Å². The topological polar surface area (TPSA) is 85.2 Å². The van der Waals surface area contributed by atoms with E-state index in [-0.39, 0.29) is 24.4 Å². The Kier molecular flexibility index (Phi) is 6.53. The molecule has 1 saturated heterocycles. The summed E-state index contributed by atoms with van der Waals surface area (Å²) >= 11 is 6.31. The maximum Gasteiger partial charge on any atom is 0.251 e. The molecule has 150 valence electrons. The van der Waals surface area contributed by atoms with Crippen molar-refractivity contribution in [2.45, 2.75) is 19.4 Å². The number of carbonyl (C=O) groups excluding carboxylic acids is 2. The van der Waals surface area contributed by atoms with Crippen LogP contribution < -0.4 is 10.6 Å². The van der Waals surface area contributed by atoms with Crippen molar-refractivity contribution in [2.75, 3.05) is 25.5 Å². The first-order valence-electron chi connectivity index (χ1n) is 9.47. The summed E-state index contributed by atoms with van der Waals surface area (Å²) in [6, 6.07) is 14.4. The van der Waals surface area contributed by atoms with Crippen LogP contribution in [0.1, 0.15) is 23.7 Å². The Morgan fingerprint density at radius 1 is 1.21 bits per heavy atom. The molecular weight excluding hydrogens is 388 g/mol. The zero-order valence-corrected chi connectivity index (χ0v) is 17.2. The number of nitriles is 1. The minimum atomic E-state index is -0.337. The SMILES string of the molecule is CNC(=O)c1ccc(-c2ccc(Cl)c(NC(=O)[C@@H]3C[C@H](C)CN3CC#N)c2)cc1. The Bertz CT molecular complexity index is 952. The molecule has 3 rings (SSSR count). The van der Waals surface area contributed by atoms with Gasteiger partial charge in [0.05, 0.1) is 29.4 Å². The molecule has 2 N–H and O–H groups in total. The predicted octanol–water partition coefficient (Wildman–Crippen LogP) is 3.54. The van der Waals surface area contributed by atoms with Crippen LogP contribution in [0.15, 0.2) is 42.5 Å². The van der Waals surface area contributed by atoms with Gasteiger partial charge in [0.2, 0.25) is 5.91 Å². The number of nitrogens with one attached hydrogen (secondary N) is 2. The van der Waals surface area contributed by atoms with E-state index in [1.54, 1.807) is 25.2 Å². The lowest BCUT2D eigenvalue weighted by Gasteiger charge is -2.21. The summed E-state index contributed by atoms with van der Waals surface area (Å²) < 4.78 is 0. The molecule has 0 bridgehead atoms. The molecule has 0 saturated carbocycles. The quantitative estimate of drug-likeness (QED) is 0.738. The number of hydrogen-bond donors (Lipinski definition) is 2. The van der Waals surface area contributed by atoms with Crippen molar-refractivity contribution in [1.82, 2.24) is 10.2 Å². The van der Waals surface area contributed by atoms with E-state index in [2.05, 4.69) is 23.6 Å². The van der Waals surface area contributed by atoms with Gasteiger partial charge in [-0.2, -0.15) is 5.26 Å². The number of amides is 2. The number of carbonyl (C=O) groups is 2. The number of halogens is 1. The summed E-state index contributed by atoms with van der Waals surface area (Å²) in [5, 5.41) is 15.0. The first kappa shape index (κ1) is 20.8. The average Bonchev–Trinajstić information content (AvgIpc) is 3.10. The lowest BCUT2D eigenvalue weighted by Crippen LogP contribution is -2.39. The number of benzene rings is 2. The van der Waals surface area contributed by atoms with Gasteiger partial charge in [-0.05, 0) is 47.7 Å². The van der Waals surface area contributed by atoms with Crippen LogP contribution in [-0.2, 0) is 4.79 Å². The van der Waals surface area contributed by atoms with E-state index in [0.717, 1.165) is 17.7 Å². The van der Waals surface area contributed by atoms with E-state index < -0.39 is 0 Å². The largest absolute Gasteiger partial charge is 0.355 e. The second-order valence-electron chi connectivity index (χ2n) is 7.28. The van der Waals surface area contributed by atoms with Gasteiger partial charge >= 0.3 is 0 Å². The smallest absolute Gasteiger partial charge is 0.251 e. The molecule has 7 heteroatoms. The summed E-state index contributed by atoms with van der Waals surface area (Å²) in [4.78, 5) is 26.4. The maximum absolute atomic E-state index is 12.8. The number of nitrogens with zero attached hydrogens (tertiary/aromatic N) is 2. The highest BCUT2D eigenvalue weighted by atomic mass is 35.5. The zero-order valence-electron chi connectivity index (χ0n) is 16.4. The maximum atomic E-state index is 12.8. The Labute approximate surface area is 175 Å². The molecule has 1 aliphatic heterocycles. The van der Waals surface area contributed by atoms with Crippen LogP contribution in [0.4, 0.5) is 5.69 Å². The fourth-order valence-corrected chi connectivity index (χ4v) is 3.81. The molecule has 0 aromatic heterocycles. The van der Waals surface area contributed by atoms with E-state index >= 15 is 0 Å². The van der Waals surface area contributed by atoms with Gasteiger partial charge in [-0.1, -0.05) is 36.7 Å². The number of rotatable bonds is 5. The standard InChI is InChI=1S/C22H23ClN4O2/c1-14-11-20(27(13-14)10-9-24)22(29)26-19-12-17(7-8-18(19)23)15-3-5-16(6-4-15)21(28)25-2/h3-8,12,14,20H,10-11,13H2,1-2H3,(H,25,28)(H,26,29)/t14-,20-/m0/s1. The Morgan fingerprint density at radius 2 is 1.90 bits per heavy atom. The van der Waals surface area contributed by atoms with Crippen molar-refractivity contribution in [3.63, 3.8) is 0 Å². The van der Waals surface area contributed by atoms with Gasteiger partial charge in [0.25, 0.3) is 5.91 Å². The molecule has 0 unspecified atom stereocenters. The average molecular weight is 411 g/mol. The highest BCUT2D eigenvalue weighted by Crippen LogP contribution is 2.30. The lowest BCUT2D eigenvalue weighted by atomic mass is 10.0. The highest BCUT2D eigenvalue weighted by molar-refractivity contribution is 6.33. The fourth-order valence-electron chi connectivity index (χ4n) is 3.65. The van der Waals surface area contributed by atoms with Gasteiger partial charge in [0.15, 0.2) is 0 Å². The van der Waals surface area contributed by atoms with Gasteiger partial charge in [-0.3, -0.25) is 14.5 Å². The molecule has 1 heterocycles. The van der Waals surface area contributed by atoms with Crippen molar-refractivity contribution >= 4 is 29.1 Å². The second kappa shape index (κ2) is 9.08. The van der Waals surface area contributed by atoms with Crippen molar-refractivity contribution in [2.24, 2.45) is 5.92 Å².